The van der Waals surface area contributed by atoms with Gasteiger partial charge in [-0.15, -0.1) is 11.3 Å². The molecule has 4 heteroatoms. The fourth-order valence-corrected chi connectivity index (χ4v) is 14.6. The third-order valence-electron chi connectivity index (χ3n) is 17.6. The third kappa shape index (κ3) is 5.72. The van der Waals surface area contributed by atoms with Crippen molar-refractivity contribution >= 4 is 78.0 Å². The zero-order valence-corrected chi connectivity index (χ0v) is 42.8. The van der Waals surface area contributed by atoms with Crippen molar-refractivity contribution in [2.45, 2.75) is 155 Å². The molecule has 3 heterocycles. The number of rotatable bonds is 2. The second-order valence-corrected chi connectivity index (χ2v) is 26.3. The molecule has 0 amide bonds. The lowest BCUT2D eigenvalue weighted by molar-refractivity contribution is 0.332. The van der Waals surface area contributed by atoms with E-state index in [2.05, 4.69) is 221 Å². The minimum atomic E-state index is -0.110. The van der Waals surface area contributed by atoms with Crippen molar-refractivity contribution in [2.75, 3.05) is 9.80 Å². The predicted octanol–water partition coefficient (Wildman–Crippen LogP) is 15.6. The van der Waals surface area contributed by atoms with Crippen molar-refractivity contribution in [1.82, 2.24) is 0 Å². The summed E-state index contributed by atoms with van der Waals surface area (Å²) in [6.07, 6.45) is 4.76. The molecule has 0 saturated heterocycles. The molecule has 3 aliphatic carbocycles. The van der Waals surface area contributed by atoms with Gasteiger partial charge < -0.3 is 9.80 Å². The van der Waals surface area contributed by atoms with Gasteiger partial charge in [-0.25, -0.2) is 0 Å². The van der Waals surface area contributed by atoms with Gasteiger partial charge in [-0.2, -0.15) is 0 Å². The molecule has 0 radical (unpaired) electrons. The lowest BCUT2D eigenvalue weighted by Crippen LogP contribution is -2.61. The van der Waals surface area contributed by atoms with E-state index >= 15 is 0 Å². The zero-order chi connectivity index (χ0) is 46.4. The number of thiophene rings is 1. The maximum absolute atomic E-state index is 2.73. The van der Waals surface area contributed by atoms with Crippen molar-refractivity contribution in [2.24, 2.45) is 0 Å². The van der Waals surface area contributed by atoms with E-state index < -0.39 is 0 Å². The zero-order valence-electron chi connectivity index (χ0n) is 42.0. The first-order chi connectivity index (χ1) is 31.0. The second-order valence-electron chi connectivity index (χ2n) is 25.2. The standard InChI is InChI=1S/C62H67BN2S/c1-36-30-50-54-51(31-36)65(48-21-17-20-42-53(48)39-18-15-16-19-41(39)62(42,13)14)49-34-45-44(59(7,8)27-28-60(45,9)10)33-47(49)63(54)56-55(64(50)38-24-22-37(23-25-38)57(2,3)4)40-32-43-46(35-52(40)66-56)61(11,12)29-26-58(43,5)6/h15-25,30-35H,26-29H2,1-14H3. The van der Waals surface area contributed by atoms with Crippen LogP contribution in [0, 0.1) is 6.92 Å². The molecule has 0 fully saturated rings. The molecule has 12 rings (SSSR count). The minimum Gasteiger partial charge on any atom is -0.311 e. The Labute approximate surface area is 399 Å². The summed E-state index contributed by atoms with van der Waals surface area (Å²) in [5.41, 5.74) is 25.3. The van der Waals surface area contributed by atoms with Crippen LogP contribution >= 0.6 is 11.3 Å². The molecular weight excluding hydrogens is 816 g/mol. The molecule has 2 aliphatic heterocycles. The molecule has 6 aromatic carbocycles. The largest absolute Gasteiger partial charge is 0.311 e. The van der Waals surface area contributed by atoms with Gasteiger partial charge >= 0.3 is 0 Å². The number of anilines is 6. The molecule has 66 heavy (non-hydrogen) atoms. The average Bonchev–Trinajstić information content (AvgIpc) is 3.74. The molecule has 0 unspecified atom stereocenters. The van der Waals surface area contributed by atoms with Gasteiger partial charge in [0.15, 0.2) is 0 Å². The van der Waals surface area contributed by atoms with Crippen molar-refractivity contribution in [1.29, 1.82) is 0 Å². The maximum Gasteiger partial charge on any atom is 0.264 e. The highest BCUT2D eigenvalue weighted by Crippen LogP contribution is 2.58. The smallest absolute Gasteiger partial charge is 0.264 e. The normalized spacial score (nSPS) is 19.6. The molecule has 0 saturated carbocycles. The van der Waals surface area contributed by atoms with Crippen LogP contribution < -0.4 is 25.5 Å². The minimum absolute atomic E-state index is 0.0561. The molecule has 0 N–H and O–H groups in total. The first-order valence-electron chi connectivity index (χ1n) is 24.9. The number of nitrogens with zero attached hydrogens (tertiary/aromatic N) is 2. The molecule has 1 aromatic heterocycles. The van der Waals surface area contributed by atoms with E-state index in [-0.39, 0.29) is 39.2 Å². The fourth-order valence-electron chi connectivity index (χ4n) is 13.3. The summed E-state index contributed by atoms with van der Waals surface area (Å²) in [6, 6.07) is 41.7. The van der Waals surface area contributed by atoms with Crippen LogP contribution in [0.15, 0.2) is 103 Å². The summed E-state index contributed by atoms with van der Waals surface area (Å²) < 4.78 is 2.88. The van der Waals surface area contributed by atoms with Crippen LogP contribution in [0.5, 0.6) is 0 Å². The number of hydrogen-bond donors (Lipinski definition) is 0. The lowest BCUT2D eigenvalue weighted by atomic mass is 9.35. The number of hydrogen-bond acceptors (Lipinski definition) is 3. The lowest BCUT2D eigenvalue weighted by Gasteiger charge is -2.47. The number of aryl methyl sites for hydroxylation is 1. The molecule has 2 nitrogen and oxygen atoms in total. The van der Waals surface area contributed by atoms with E-state index in [9.17, 15) is 0 Å². The van der Waals surface area contributed by atoms with Gasteiger partial charge in [0.1, 0.15) is 0 Å². The molecular formula is C62H67BN2S. The van der Waals surface area contributed by atoms with Crippen molar-refractivity contribution in [3.8, 4) is 11.1 Å². The summed E-state index contributed by atoms with van der Waals surface area (Å²) >= 11 is 2.07. The van der Waals surface area contributed by atoms with Gasteiger partial charge in [-0.05, 0) is 169 Å². The van der Waals surface area contributed by atoms with Gasteiger partial charge in [0.25, 0.3) is 6.71 Å². The van der Waals surface area contributed by atoms with E-state index in [4.69, 9.17) is 0 Å². The summed E-state index contributed by atoms with van der Waals surface area (Å²) in [7, 11) is 0. The van der Waals surface area contributed by atoms with E-state index in [1.807, 2.05) is 0 Å². The SMILES string of the molecule is Cc1cc2c3c(c1)N(c1ccc(C(C)(C)C)cc1)c1c(sc4cc5c(cc14)C(C)(C)CCC5(C)C)B3c1cc3c(cc1N2c1cccc2c1-c1ccccc1C2(C)C)C(C)(C)CCC3(C)C. The Hall–Kier alpha value is -5.06. The Morgan fingerprint density at radius 3 is 1.73 bits per heavy atom. The van der Waals surface area contributed by atoms with Crippen LogP contribution in [0.4, 0.5) is 34.1 Å². The summed E-state index contributed by atoms with van der Waals surface area (Å²) in [4.78, 5) is 5.42. The summed E-state index contributed by atoms with van der Waals surface area (Å²) in [6.45, 7) is 34.1. The highest BCUT2D eigenvalue weighted by atomic mass is 32.1. The van der Waals surface area contributed by atoms with Gasteiger partial charge in [0, 0.05) is 48.6 Å². The van der Waals surface area contributed by atoms with Crippen LogP contribution in [0.3, 0.4) is 0 Å². The van der Waals surface area contributed by atoms with Crippen LogP contribution in [0.1, 0.15) is 160 Å². The first-order valence-corrected chi connectivity index (χ1v) is 25.7. The Bertz CT molecular complexity index is 3240. The van der Waals surface area contributed by atoms with Crippen molar-refractivity contribution < 1.29 is 0 Å². The Balaban J connectivity index is 1.23. The highest BCUT2D eigenvalue weighted by molar-refractivity contribution is 7.33. The van der Waals surface area contributed by atoms with Crippen LogP contribution in [0.25, 0.3) is 21.2 Å². The number of benzene rings is 6. The Kier molecular flexibility index (Phi) is 8.55. The van der Waals surface area contributed by atoms with Crippen LogP contribution in [-0.4, -0.2) is 6.71 Å². The fraction of sp³-hybridized carbons (Fsp3) is 0.387. The van der Waals surface area contributed by atoms with Gasteiger partial charge in [-0.3, -0.25) is 0 Å². The van der Waals surface area contributed by atoms with Crippen LogP contribution in [0.2, 0.25) is 0 Å². The van der Waals surface area contributed by atoms with Crippen LogP contribution in [-0.2, 0) is 32.5 Å². The third-order valence-corrected chi connectivity index (χ3v) is 18.8. The monoisotopic (exact) mass is 883 g/mol. The molecule has 5 aliphatic rings. The quantitative estimate of drug-likeness (QED) is 0.160. The molecule has 0 bridgehead atoms. The summed E-state index contributed by atoms with van der Waals surface area (Å²) in [5.74, 6) is 0. The van der Waals surface area contributed by atoms with E-state index in [1.165, 1.54) is 141 Å². The number of fused-ring (bicyclic) bond motifs is 11. The maximum atomic E-state index is 2.73. The van der Waals surface area contributed by atoms with E-state index in [0.29, 0.717) is 0 Å². The van der Waals surface area contributed by atoms with E-state index in [1.54, 1.807) is 0 Å². The molecule has 334 valence electrons. The Morgan fingerprint density at radius 1 is 0.530 bits per heavy atom. The summed E-state index contributed by atoms with van der Waals surface area (Å²) in [5, 5.41) is 1.40. The molecule has 0 atom stereocenters. The van der Waals surface area contributed by atoms with Gasteiger partial charge in [0.05, 0.1) is 11.4 Å². The first kappa shape index (κ1) is 42.3. The highest BCUT2D eigenvalue weighted by Gasteiger charge is 2.50. The Morgan fingerprint density at radius 2 is 1.09 bits per heavy atom. The molecule has 0 spiro atoms. The topological polar surface area (TPSA) is 6.48 Å². The second kappa shape index (κ2) is 13.3. The van der Waals surface area contributed by atoms with Gasteiger partial charge in [-0.1, -0.05) is 145 Å². The van der Waals surface area contributed by atoms with Gasteiger partial charge in [0.2, 0.25) is 0 Å². The predicted molar refractivity (Wildman–Crippen MR) is 287 cm³/mol. The van der Waals surface area contributed by atoms with E-state index in [0.717, 1.165) is 0 Å². The average molecular weight is 883 g/mol. The molecule has 7 aromatic rings. The van der Waals surface area contributed by atoms with Crippen molar-refractivity contribution in [3.63, 3.8) is 0 Å². The van der Waals surface area contributed by atoms with Crippen molar-refractivity contribution in [3.05, 3.63) is 148 Å².